The Labute approximate surface area is 132 Å². The molecule has 1 aliphatic heterocycles. The minimum absolute atomic E-state index is 0. The fraction of sp³-hybridized carbons (Fsp3) is 0.357. The number of alkyl halides is 3. The third-order valence-electron chi connectivity index (χ3n) is 3.68. The van der Waals surface area contributed by atoms with Crippen LogP contribution in [0.4, 0.5) is 24.7 Å². The number of hydrogen-bond acceptors (Lipinski definition) is 3. The molecule has 0 saturated heterocycles. The maximum atomic E-state index is 12.6. The Balaban J connectivity index is 0.00000176. The normalized spacial score (nSPS) is 17.8. The van der Waals surface area contributed by atoms with E-state index in [1.165, 1.54) is 12.1 Å². The maximum Gasteiger partial charge on any atom is 0.416 e. The van der Waals surface area contributed by atoms with Gasteiger partial charge in [0, 0.05) is 30.8 Å². The highest BCUT2D eigenvalue weighted by molar-refractivity contribution is 5.85. The summed E-state index contributed by atoms with van der Waals surface area (Å²) in [7, 11) is 0. The van der Waals surface area contributed by atoms with E-state index < -0.39 is 11.7 Å². The van der Waals surface area contributed by atoms with Gasteiger partial charge in [-0.3, -0.25) is 0 Å². The molecule has 1 aliphatic rings. The van der Waals surface area contributed by atoms with Crippen LogP contribution in [0.5, 0.6) is 0 Å². The van der Waals surface area contributed by atoms with Crippen molar-refractivity contribution >= 4 is 23.9 Å². The van der Waals surface area contributed by atoms with Gasteiger partial charge in [0.05, 0.1) is 11.8 Å². The molecule has 0 aliphatic carbocycles. The van der Waals surface area contributed by atoms with Gasteiger partial charge >= 0.3 is 6.18 Å². The third-order valence-corrected chi connectivity index (χ3v) is 3.68. The van der Waals surface area contributed by atoms with Gasteiger partial charge in [-0.2, -0.15) is 18.3 Å². The lowest BCUT2D eigenvalue weighted by molar-refractivity contribution is -0.137. The lowest BCUT2D eigenvalue weighted by Gasteiger charge is -2.34. The van der Waals surface area contributed by atoms with E-state index in [4.69, 9.17) is 5.73 Å². The first-order chi connectivity index (χ1) is 9.99. The largest absolute Gasteiger partial charge is 0.416 e. The summed E-state index contributed by atoms with van der Waals surface area (Å²) in [6.07, 6.45) is -2.63. The first kappa shape index (κ1) is 16.6. The Morgan fingerprint density at radius 2 is 1.82 bits per heavy atom. The summed E-state index contributed by atoms with van der Waals surface area (Å²) in [5, 5.41) is 4.23. The molecule has 0 radical (unpaired) electrons. The zero-order valence-corrected chi connectivity index (χ0v) is 12.4. The summed E-state index contributed by atoms with van der Waals surface area (Å²) in [6.45, 7) is 1.92. The highest BCUT2D eigenvalue weighted by atomic mass is 35.5. The quantitative estimate of drug-likeness (QED) is 0.919. The molecule has 0 saturated carbocycles. The number of rotatable bonds is 2. The van der Waals surface area contributed by atoms with Gasteiger partial charge in [0.25, 0.3) is 0 Å². The number of aromatic nitrogens is 2. The van der Waals surface area contributed by atoms with E-state index in [0.29, 0.717) is 18.8 Å². The van der Waals surface area contributed by atoms with E-state index in [1.807, 2.05) is 15.6 Å². The molecule has 3 rings (SSSR count). The van der Waals surface area contributed by atoms with Crippen molar-refractivity contribution in [3.05, 3.63) is 42.1 Å². The molecule has 4 nitrogen and oxygen atoms in total. The molecular weight excluding hydrogens is 317 g/mol. The SMILES string of the molecule is Cl.NCC1CN(c2ccc(C(F)(F)F)cc2)c2ccnn2C1. The summed E-state index contributed by atoms with van der Waals surface area (Å²) in [4.78, 5) is 1.95. The van der Waals surface area contributed by atoms with Gasteiger partial charge in [-0.15, -0.1) is 12.4 Å². The van der Waals surface area contributed by atoms with Crippen LogP contribution in [-0.4, -0.2) is 22.9 Å². The molecule has 22 heavy (non-hydrogen) atoms. The van der Waals surface area contributed by atoms with E-state index in [1.54, 1.807) is 6.20 Å². The van der Waals surface area contributed by atoms with Gasteiger partial charge in [0.2, 0.25) is 0 Å². The highest BCUT2D eigenvalue weighted by Crippen LogP contribution is 2.34. The van der Waals surface area contributed by atoms with E-state index in [9.17, 15) is 13.2 Å². The molecule has 2 aromatic rings. The summed E-state index contributed by atoms with van der Waals surface area (Å²) in [6, 6.07) is 7.02. The molecule has 1 aromatic carbocycles. The second kappa shape index (κ2) is 6.18. The fourth-order valence-electron chi connectivity index (χ4n) is 2.57. The average molecular weight is 333 g/mol. The smallest absolute Gasteiger partial charge is 0.330 e. The Kier molecular flexibility index (Phi) is 4.67. The number of halogens is 4. The van der Waals surface area contributed by atoms with Crippen LogP contribution in [0.1, 0.15) is 5.56 Å². The van der Waals surface area contributed by atoms with Crippen LogP contribution in [0.15, 0.2) is 36.5 Å². The Hall–Kier alpha value is -1.73. The average Bonchev–Trinajstić information content (AvgIpc) is 2.93. The molecule has 1 unspecified atom stereocenters. The van der Waals surface area contributed by atoms with Crippen LogP contribution in [-0.2, 0) is 12.7 Å². The molecule has 0 bridgehead atoms. The first-order valence-electron chi connectivity index (χ1n) is 6.65. The van der Waals surface area contributed by atoms with Crippen LogP contribution in [0, 0.1) is 5.92 Å². The van der Waals surface area contributed by atoms with Crippen molar-refractivity contribution in [1.29, 1.82) is 0 Å². The maximum absolute atomic E-state index is 12.6. The van der Waals surface area contributed by atoms with Crippen molar-refractivity contribution in [3.63, 3.8) is 0 Å². The number of nitrogens with two attached hydrogens (primary N) is 1. The van der Waals surface area contributed by atoms with Crippen molar-refractivity contribution in [2.75, 3.05) is 18.0 Å². The van der Waals surface area contributed by atoms with Crippen LogP contribution < -0.4 is 10.6 Å². The predicted molar refractivity (Wildman–Crippen MR) is 80.5 cm³/mol. The standard InChI is InChI=1S/C14H15F3N4.ClH/c15-14(16,17)11-1-3-12(4-2-11)20-8-10(7-18)9-21-13(20)5-6-19-21;/h1-6,10H,7-9,18H2;1H. The Bertz CT molecular complexity index is 624. The molecular formula is C14H16ClF3N4. The van der Waals surface area contributed by atoms with Crippen molar-refractivity contribution in [2.24, 2.45) is 11.7 Å². The highest BCUT2D eigenvalue weighted by Gasteiger charge is 2.31. The molecule has 2 N–H and O–H groups in total. The summed E-state index contributed by atoms with van der Waals surface area (Å²) in [5.74, 6) is 1.10. The first-order valence-corrected chi connectivity index (χ1v) is 6.65. The van der Waals surface area contributed by atoms with Crippen molar-refractivity contribution in [2.45, 2.75) is 12.7 Å². The van der Waals surface area contributed by atoms with Crippen LogP contribution >= 0.6 is 12.4 Å². The summed E-state index contributed by atoms with van der Waals surface area (Å²) < 4.78 is 39.7. The second-order valence-corrected chi connectivity index (χ2v) is 5.13. The van der Waals surface area contributed by atoms with E-state index in [0.717, 1.165) is 24.5 Å². The van der Waals surface area contributed by atoms with E-state index in [2.05, 4.69) is 5.10 Å². The monoisotopic (exact) mass is 332 g/mol. The number of anilines is 2. The second-order valence-electron chi connectivity index (χ2n) is 5.13. The van der Waals surface area contributed by atoms with Crippen molar-refractivity contribution in [1.82, 2.24) is 9.78 Å². The third kappa shape index (κ3) is 3.05. The van der Waals surface area contributed by atoms with Gasteiger partial charge < -0.3 is 10.6 Å². The lowest BCUT2D eigenvalue weighted by atomic mass is 10.1. The van der Waals surface area contributed by atoms with Crippen molar-refractivity contribution < 1.29 is 13.2 Å². The van der Waals surface area contributed by atoms with Gasteiger partial charge in [-0.1, -0.05) is 0 Å². The molecule has 8 heteroatoms. The molecule has 0 spiro atoms. The summed E-state index contributed by atoms with van der Waals surface area (Å²) >= 11 is 0. The van der Waals surface area contributed by atoms with Gasteiger partial charge in [0.1, 0.15) is 5.82 Å². The zero-order valence-electron chi connectivity index (χ0n) is 11.6. The van der Waals surface area contributed by atoms with E-state index >= 15 is 0 Å². The fourth-order valence-corrected chi connectivity index (χ4v) is 2.57. The molecule has 1 atom stereocenters. The molecule has 120 valence electrons. The molecule has 0 amide bonds. The number of benzene rings is 1. The topological polar surface area (TPSA) is 47.1 Å². The summed E-state index contributed by atoms with van der Waals surface area (Å²) in [5.41, 5.74) is 5.80. The molecule has 2 heterocycles. The Morgan fingerprint density at radius 1 is 1.14 bits per heavy atom. The predicted octanol–water partition coefficient (Wildman–Crippen LogP) is 3.05. The van der Waals surface area contributed by atoms with Gasteiger partial charge in [0.15, 0.2) is 0 Å². The number of nitrogens with zero attached hydrogens (tertiary/aromatic N) is 3. The van der Waals surface area contributed by atoms with E-state index in [-0.39, 0.29) is 18.3 Å². The zero-order chi connectivity index (χ0) is 15.0. The molecule has 0 fully saturated rings. The van der Waals surface area contributed by atoms with Crippen molar-refractivity contribution in [3.8, 4) is 0 Å². The van der Waals surface area contributed by atoms with Crippen LogP contribution in [0.2, 0.25) is 0 Å². The van der Waals surface area contributed by atoms with Gasteiger partial charge in [-0.25, -0.2) is 4.68 Å². The van der Waals surface area contributed by atoms with Crippen LogP contribution in [0.3, 0.4) is 0 Å². The minimum Gasteiger partial charge on any atom is -0.330 e. The number of fused-ring (bicyclic) bond motifs is 1. The van der Waals surface area contributed by atoms with Gasteiger partial charge in [-0.05, 0) is 30.8 Å². The lowest BCUT2D eigenvalue weighted by Crippen LogP contribution is -2.38. The number of hydrogen-bond donors (Lipinski definition) is 1. The minimum atomic E-state index is -4.32. The Morgan fingerprint density at radius 3 is 2.41 bits per heavy atom. The van der Waals surface area contributed by atoms with Crippen LogP contribution in [0.25, 0.3) is 0 Å². The molecule has 1 aromatic heterocycles.